The third-order valence-electron chi connectivity index (χ3n) is 7.28. The van der Waals surface area contributed by atoms with E-state index in [0.29, 0.717) is 17.6 Å². The number of aryl methyl sites for hydroxylation is 1. The predicted octanol–water partition coefficient (Wildman–Crippen LogP) is 4.60. The number of thiophene rings is 1. The summed E-state index contributed by atoms with van der Waals surface area (Å²) in [5.41, 5.74) is 4.91. The Kier molecular flexibility index (Phi) is 7.72. The molecule has 1 aliphatic heterocycles. The molecule has 2 aliphatic rings. The van der Waals surface area contributed by atoms with Gasteiger partial charge in [-0.2, -0.15) is 0 Å². The number of rotatable bonds is 9. The molecule has 36 heavy (non-hydrogen) atoms. The summed E-state index contributed by atoms with van der Waals surface area (Å²) < 4.78 is 0. The van der Waals surface area contributed by atoms with Gasteiger partial charge < -0.3 is 26.4 Å². The average molecular weight is 505 g/mol. The van der Waals surface area contributed by atoms with E-state index in [4.69, 9.17) is 0 Å². The highest BCUT2D eigenvalue weighted by atomic mass is 32.1. The van der Waals surface area contributed by atoms with E-state index in [-0.39, 0.29) is 18.1 Å². The fourth-order valence-electron chi connectivity index (χ4n) is 4.92. The summed E-state index contributed by atoms with van der Waals surface area (Å²) in [5, 5.41) is 23.3. The van der Waals surface area contributed by atoms with Gasteiger partial charge in [-0.3, -0.25) is 4.79 Å². The Morgan fingerprint density at radius 3 is 2.72 bits per heavy atom. The summed E-state index contributed by atoms with van der Waals surface area (Å²) >= 11 is 1.79. The summed E-state index contributed by atoms with van der Waals surface area (Å²) in [5.74, 6) is -0.0534. The van der Waals surface area contributed by atoms with Gasteiger partial charge in [0.2, 0.25) is 0 Å². The van der Waals surface area contributed by atoms with Crippen LogP contribution in [0.4, 0.5) is 5.69 Å². The quantitative estimate of drug-likeness (QED) is 0.294. The van der Waals surface area contributed by atoms with Crippen LogP contribution in [-0.4, -0.2) is 42.3 Å². The van der Waals surface area contributed by atoms with Gasteiger partial charge in [-0.05, 0) is 80.1 Å². The van der Waals surface area contributed by atoms with Crippen molar-refractivity contribution in [1.82, 2.24) is 16.0 Å². The second-order valence-electron chi connectivity index (χ2n) is 10.2. The van der Waals surface area contributed by atoms with E-state index in [1.54, 1.807) is 11.3 Å². The Balaban J connectivity index is 1.22. The molecule has 3 atom stereocenters. The molecule has 1 saturated carbocycles. The van der Waals surface area contributed by atoms with Crippen LogP contribution in [0, 0.1) is 6.92 Å². The number of nitrogens with one attached hydrogen (secondary N) is 4. The maximum Gasteiger partial charge on any atom is 0.252 e. The highest BCUT2D eigenvalue weighted by molar-refractivity contribution is 7.15. The fraction of sp³-hybridized carbons (Fsp3) is 0.414. The third-order valence-corrected chi connectivity index (χ3v) is 8.42. The first-order valence-corrected chi connectivity index (χ1v) is 13.8. The highest BCUT2D eigenvalue weighted by Gasteiger charge is 2.22. The van der Waals surface area contributed by atoms with Crippen LogP contribution in [0.3, 0.4) is 0 Å². The first-order chi connectivity index (χ1) is 17.4. The van der Waals surface area contributed by atoms with Crippen LogP contribution < -0.4 is 21.3 Å². The number of anilines is 1. The molecule has 5 N–H and O–H groups in total. The number of benzene rings is 2. The summed E-state index contributed by atoms with van der Waals surface area (Å²) in [7, 11) is 0. The number of carbonyl (C=O) groups is 1. The van der Waals surface area contributed by atoms with Crippen molar-refractivity contribution in [3.63, 3.8) is 0 Å². The van der Waals surface area contributed by atoms with Gasteiger partial charge in [0, 0.05) is 46.7 Å². The molecule has 7 heteroatoms. The minimum Gasteiger partial charge on any atom is -0.393 e. The van der Waals surface area contributed by atoms with Crippen LogP contribution in [0.2, 0.25) is 0 Å². The van der Waals surface area contributed by atoms with Gasteiger partial charge in [0.15, 0.2) is 0 Å². The van der Waals surface area contributed by atoms with Crippen molar-refractivity contribution in [2.75, 3.05) is 18.4 Å². The molecule has 2 fully saturated rings. The van der Waals surface area contributed by atoms with Crippen molar-refractivity contribution in [2.45, 2.75) is 63.9 Å². The van der Waals surface area contributed by atoms with Crippen molar-refractivity contribution in [3.05, 3.63) is 76.2 Å². The Bertz CT molecular complexity index is 1210. The second kappa shape index (κ2) is 11.1. The molecule has 1 saturated heterocycles. The monoisotopic (exact) mass is 504 g/mol. The van der Waals surface area contributed by atoms with Gasteiger partial charge in [0.1, 0.15) is 0 Å². The normalized spacial score (nSPS) is 20.6. The van der Waals surface area contributed by atoms with E-state index in [0.717, 1.165) is 61.3 Å². The number of carbonyl (C=O) groups excluding carboxylic acids is 1. The zero-order valence-corrected chi connectivity index (χ0v) is 21.8. The van der Waals surface area contributed by atoms with Crippen molar-refractivity contribution >= 4 is 22.9 Å². The molecule has 190 valence electrons. The summed E-state index contributed by atoms with van der Waals surface area (Å²) in [6.45, 7) is 6.76. The van der Waals surface area contributed by atoms with Crippen molar-refractivity contribution in [2.24, 2.45) is 0 Å². The van der Waals surface area contributed by atoms with Crippen molar-refractivity contribution in [1.29, 1.82) is 0 Å². The largest absolute Gasteiger partial charge is 0.393 e. The maximum absolute atomic E-state index is 13.2. The van der Waals surface area contributed by atoms with Gasteiger partial charge >= 0.3 is 0 Å². The molecule has 1 aromatic heterocycles. The molecule has 2 aromatic carbocycles. The molecule has 6 nitrogen and oxygen atoms in total. The molecule has 0 spiro atoms. The van der Waals surface area contributed by atoms with Gasteiger partial charge in [-0.15, -0.1) is 11.3 Å². The van der Waals surface area contributed by atoms with Gasteiger partial charge in [0.05, 0.1) is 18.2 Å². The van der Waals surface area contributed by atoms with Crippen LogP contribution in [0.5, 0.6) is 0 Å². The van der Waals surface area contributed by atoms with Gasteiger partial charge in [0.25, 0.3) is 5.91 Å². The molecule has 1 aliphatic carbocycles. The lowest BCUT2D eigenvalue weighted by Gasteiger charge is -2.29. The van der Waals surface area contributed by atoms with Crippen LogP contribution in [0.15, 0.2) is 54.6 Å². The van der Waals surface area contributed by atoms with E-state index in [1.807, 2.05) is 32.0 Å². The van der Waals surface area contributed by atoms with E-state index >= 15 is 0 Å². The first-order valence-electron chi connectivity index (χ1n) is 12.9. The lowest BCUT2D eigenvalue weighted by molar-refractivity contribution is 0.0939. The van der Waals surface area contributed by atoms with Crippen LogP contribution in [-0.2, 0) is 6.54 Å². The molecule has 2 heterocycles. The SMILES string of the molecule is Cc1ccc(NC2CNC2)cc1C(=O)N[C@H](C)c1cccc(-c2ccc(CN[C@@H]3CC[C@H](O)C3)s2)c1. The van der Waals surface area contributed by atoms with E-state index in [2.05, 4.69) is 57.7 Å². The lowest BCUT2D eigenvalue weighted by atomic mass is 10.0. The minimum atomic E-state index is -0.152. The Labute approximate surface area is 217 Å². The number of hydrogen-bond donors (Lipinski definition) is 5. The standard InChI is InChI=1S/C29H36N4O2S/c1-18-6-7-23(33-24-15-30-16-24)14-27(18)29(35)32-19(2)20-4-3-5-21(12-20)28-11-10-26(36-28)17-31-22-8-9-25(34)13-22/h3-7,10-12,14,19,22,24-25,30-31,33-34H,8-9,13,15-17H2,1-2H3,(H,32,35)/t19-,22-,25+/m1/s1. The van der Waals surface area contributed by atoms with Crippen LogP contribution in [0.1, 0.15) is 58.6 Å². The van der Waals surface area contributed by atoms with Crippen molar-refractivity contribution < 1.29 is 9.90 Å². The molecular weight excluding hydrogens is 468 g/mol. The molecule has 1 amide bonds. The minimum absolute atomic E-state index is 0.0534. The van der Waals surface area contributed by atoms with E-state index < -0.39 is 0 Å². The molecule has 0 bridgehead atoms. The summed E-state index contributed by atoms with van der Waals surface area (Å²) in [4.78, 5) is 15.7. The number of hydrogen-bond acceptors (Lipinski definition) is 6. The molecular formula is C29H36N4O2S. The van der Waals surface area contributed by atoms with Crippen molar-refractivity contribution in [3.8, 4) is 10.4 Å². The number of aliphatic hydroxyl groups excluding tert-OH is 1. The number of aliphatic hydroxyl groups is 1. The van der Waals surface area contributed by atoms with Gasteiger partial charge in [-0.1, -0.05) is 24.3 Å². The molecule has 3 aromatic rings. The zero-order valence-electron chi connectivity index (χ0n) is 21.0. The van der Waals surface area contributed by atoms with E-state index in [9.17, 15) is 9.90 Å². The highest BCUT2D eigenvalue weighted by Crippen LogP contribution is 2.30. The molecule has 0 unspecified atom stereocenters. The average Bonchev–Trinajstić information content (AvgIpc) is 3.50. The Hall–Kier alpha value is -2.71. The van der Waals surface area contributed by atoms with Crippen LogP contribution >= 0.6 is 11.3 Å². The topological polar surface area (TPSA) is 85.4 Å². The summed E-state index contributed by atoms with van der Waals surface area (Å²) in [6, 6.07) is 19.5. The van der Waals surface area contributed by atoms with Crippen LogP contribution in [0.25, 0.3) is 10.4 Å². The first kappa shape index (κ1) is 25.0. The Morgan fingerprint density at radius 2 is 1.97 bits per heavy atom. The van der Waals surface area contributed by atoms with Gasteiger partial charge in [-0.25, -0.2) is 0 Å². The molecule has 5 rings (SSSR count). The lowest BCUT2D eigenvalue weighted by Crippen LogP contribution is -2.51. The number of amides is 1. The summed E-state index contributed by atoms with van der Waals surface area (Å²) in [6.07, 6.45) is 2.64. The third kappa shape index (κ3) is 5.98. The smallest absolute Gasteiger partial charge is 0.252 e. The van der Waals surface area contributed by atoms with E-state index in [1.165, 1.54) is 9.75 Å². The Morgan fingerprint density at radius 1 is 1.11 bits per heavy atom. The maximum atomic E-state index is 13.2. The fourth-order valence-corrected chi connectivity index (χ4v) is 5.87. The zero-order chi connectivity index (χ0) is 25.1. The molecule has 0 radical (unpaired) electrons. The predicted molar refractivity (Wildman–Crippen MR) is 148 cm³/mol. The second-order valence-corrected chi connectivity index (χ2v) is 11.3.